The monoisotopic (exact) mass is 468 g/mol. The standard InChI is InChI=1S/C22H17BrN2O3S/c1-14(26)15-5-9-19(10-6-15)25-22(29)28-20-4-2-3-16(13-20)21(27)24-18-11-7-17(23)8-12-18/h2-13H,1H3,(H,24,27)(H,25,29). The van der Waals surface area contributed by atoms with E-state index < -0.39 is 0 Å². The van der Waals surface area contributed by atoms with Crippen LogP contribution in [0, 0.1) is 0 Å². The number of nitrogens with one attached hydrogen (secondary N) is 2. The molecule has 3 aromatic rings. The number of hydrogen-bond acceptors (Lipinski definition) is 4. The summed E-state index contributed by atoms with van der Waals surface area (Å²) in [6, 6.07) is 20.9. The van der Waals surface area contributed by atoms with Crippen molar-refractivity contribution in [3.63, 3.8) is 0 Å². The van der Waals surface area contributed by atoms with Gasteiger partial charge in [0.2, 0.25) is 0 Å². The lowest BCUT2D eigenvalue weighted by Gasteiger charge is -2.11. The van der Waals surface area contributed by atoms with Crippen LogP contribution >= 0.6 is 28.1 Å². The van der Waals surface area contributed by atoms with Crippen LogP contribution in [0.4, 0.5) is 11.4 Å². The van der Waals surface area contributed by atoms with E-state index in [0.29, 0.717) is 28.3 Å². The van der Waals surface area contributed by atoms with E-state index in [0.717, 1.165) is 4.47 Å². The number of ketones is 1. The topological polar surface area (TPSA) is 67.4 Å². The summed E-state index contributed by atoms with van der Waals surface area (Å²) in [4.78, 5) is 23.8. The number of rotatable bonds is 5. The van der Waals surface area contributed by atoms with Gasteiger partial charge in [0.05, 0.1) is 0 Å². The second kappa shape index (κ2) is 9.45. The predicted molar refractivity (Wildman–Crippen MR) is 122 cm³/mol. The summed E-state index contributed by atoms with van der Waals surface area (Å²) in [5.74, 6) is 0.177. The maximum absolute atomic E-state index is 12.5. The van der Waals surface area contributed by atoms with Gasteiger partial charge in [-0.15, -0.1) is 0 Å². The van der Waals surface area contributed by atoms with Gasteiger partial charge < -0.3 is 15.4 Å². The zero-order valence-electron chi connectivity index (χ0n) is 15.4. The van der Waals surface area contributed by atoms with Crippen LogP contribution in [0.15, 0.2) is 77.3 Å². The summed E-state index contributed by atoms with van der Waals surface area (Å²) in [7, 11) is 0. The summed E-state index contributed by atoms with van der Waals surface area (Å²) >= 11 is 8.58. The third kappa shape index (κ3) is 5.97. The van der Waals surface area contributed by atoms with Gasteiger partial charge in [-0.1, -0.05) is 22.0 Å². The number of hydrogen-bond donors (Lipinski definition) is 2. The molecule has 0 fully saturated rings. The molecular weight excluding hydrogens is 452 g/mol. The van der Waals surface area contributed by atoms with Crippen LogP contribution in [0.2, 0.25) is 0 Å². The van der Waals surface area contributed by atoms with Crippen LogP contribution in [-0.2, 0) is 0 Å². The van der Waals surface area contributed by atoms with E-state index in [4.69, 9.17) is 17.0 Å². The Balaban J connectivity index is 1.62. The molecule has 0 radical (unpaired) electrons. The predicted octanol–water partition coefficient (Wildman–Crippen LogP) is 5.68. The molecule has 146 valence electrons. The van der Waals surface area contributed by atoms with E-state index >= 15 is 0 Å². The highest BCUT2D eigenvalue weighted by molar-refractivity contribution is 9.10. The zero-order valence-corrected chi connectivity index (χ0v) is 17.8. The first-order valence-corrected chi connectivity index (χ1v) is 9.87. The second-order valence-corrected chi connectivity index (χ2v) is 7.42. The molecule has 2 N–H and O–H groups in total. The van der Waals surface area contributed by atoms with Crippen LogP contribution in [-0.4, -0.2) is 16.9 Å². The van der Waals surface area contributed by atoms with Gasteiger partial charge in [0.1, 0.15) is 5.75 Å². The van der Waals surface area contributed by atoms with Gasteiger partial charge in [-0.25, -0.2) is 0 Å². The molecule has 0 aliphatic carbocycles. The second-order valence-electron chi connectivity index (χ2n) is 6.14. The van der Waals surface area contributed by atoms with Crippen molar-refractivity contribution in [3.8, 4) is 5.75 Å². The highest BCUT2D eigenvalue weighted by atomic mass is 79.9. The lowest BCUT2D eigenvalue weighted by Crippen LogP contribution is -2.17. The molecule has 29 heavy (non-hydrogen) atoms. The number of anilines is 2. The first-order valence-electron chi connectivity index (χ1n) is 8.67. The Hall–Kier alpha value is -3.03. The van der Waals surface area contributed by atoms with Crippen molar-refractivity contribution in [2.45, 2.75) is 6.92 Å². The van der Waals surface area contributed by atoms with E-state index in [9.17, 15) is 9.59 Å². The van der Waals surface area contributed by atoms with Crippen molar-refractivity contribution in [2.75, 3.05) is 10.6 Å². The number of carbonyl (C=O) groups is 2. The van der Waals surface area contributed by atoms with Crippen LogP contribution < -0.4 is 15.4 Å². The van der Waals surface area contributed by atoms with E-state index in [1.807, 2.05) is 12.1 Å². The molecule has 0 heterocycles. The fraction of sp³-hybridized carbons (Fsp3) is 0.0455. The summed E-state index contributed by atoms with van der Waals surface area (Å²) in [6.45, 7) is 1.51. The zero-order chi connectivity index (χ0) is 20.8. The molecule has 0 unspecified atom stereocenters. The molecule has 0 saturated carbocycles. The number of ether oxygens (including phenoxy) is 1. The minimum atomic E-state index is -0.253. The normalized spacial score (nSPS) is 10.1. The molecule has 0 saturated heterocycles. The number of thiocarbonyl (C=S) groups is 1. The molecule has 0 aromatic heterocycles. The average Bonchev–Trinajstić information content (AvgIpc) is 2.70. The number of halogens is 1. The molecule has 0 spiro atoms. The number of benzene rings is 3. The molecule has 0 bridgehead atoms. The Bertz CT molecular complexity index is 1050. The Labute approximate surface area is 182 Å². The third-order valence-corrected chi connectivity index (χ3v) is 4.66. The summed E-state index contributed by atoms with van der Waals surface area (Å²) in [5.41, 5.74) is 2.45. The summed E-state index contributed by atoms with van der Waals surface area (Å²) in [6.07, 6.45) is 0. The largest absolute Gasteiger partial charge is 0.432 e. The van der Waals surface area contributed by atoms with Crippen molar-refractivity contribution < 1.29 is 14.3 Å². The third-order valence-electron chi connectivity index (χ3n) is 3.95. The smallest absolute Gasteiger partial charge is 0.266 e. The van der Waals surface area contributed by atoms with Crippen molar-refractivity contribution in [1.82, 2.24) is 0 Å². The molecule has 7 heteroatoms. The Morgan fingerprint density at radius 1 is 0.862 bits per heavy atom. The first kappa shape index (κ1) is 20.7. The summed E-state index contributed by atoms with van der Waals surface area (Å²) in [5, 5.41) is 5.90. The quantitative estimate of drug-likeness (QED) is 0.372. The van der Waals surface area contributed by atoms with Crippen LogP contribution in [0.3, 0.4) is 0 Å². The first-order chi connectivity index (χ1) is 13.9. The van der Waals surface area contributed by atoms with Crippen LogP contribution in [0.1, 0.15) is 27.6 Å². The average molecular weight is 469 g/mol. The highest BCUT2D eigenvalue weighted by Crippen LogP contribution is 2.18. The van der Waals surface area contributed by atoms with Gasteiger partial charge >= 0.3 is 0 Å². The van der Waals surface area contributed by atoms with Gasteiger partial charge in [-0.05, 0) is 85.9 Å². The number of amides is 1. The van der Waals surface area contributed by atoms with Crippen LogP contribution in [0.25, 0.3) is 0 Å². The maximum Gasteiger partial charge on any atom is 0.266 e. The van der Waals surface area contributed by atoms with Crippen molar-refractivity contribution in [2.24, 2.45) is 0 Å². The van der Waals surface area contributed by atoms with Crippen molar-refractivity contribution in [1.29, 1.82) is 0 Å². The number of Topliss-reactive ketones (excluding diaryl/α,β-unsaturated/α-hetero) is 1. The highest BCUT2D eigenvalue weighted by Gasteiger charge is 2.09. The van der Waals surface area contributed by atoms with Gasteiger partial charge in [0.25, 0.3) is 11.1 Å². The Morgan fingerprint density at radius 3 is 2.14 bits per heavy atom. The molecule has 1 amide bonds. The fourth-order valence-corrected chi connectivity index (χ4v) is 2.95. The minimum absolute atomic E-state index is 0.00592. The number of carbonyl (C=O) groups excluding carboxylic acids is 2. The van der Waals surface area contributed by atoms with Gasteiger partial charge in [-0.3, -0.25) is 9.59 Å². The molecule has 0 atom stereocenters. The lowest BCUT2D eigenvalue weighted by molar-refractivity contribution is 0.101. The lowest BCUT2D eigenvalue weighted by atomic mass is 10.1. The molecule has 0 aliphatic rings. The summed E-state index contributed by atoms with van der Waals surface area (Å²) < 4.78 is 6.55. The Morgan fingerprint density at radius 2 is 1.48 bits per heavy atom. The minimum Gasteiger partial charge on any atom is -0.432 e. The van der Waals surface area contributed by atoms with E-state index in [2.05, 4.69) is 26.6 Å². The van der Waals surface area contributed by atoms with Gasteiger partial charge in [-0.2, -0.15) is 0 Å². The molecule has 3 rings (SSSR count). The van der Waals surface area contributed by atoms with Crippen molar-refractivity contribution >= 4 is 56.4 Å². The van der Waals surface area contributed by atoms with Gasteiger partial charge in [0, 0.05) is 27.0 Å². The van der Waals surface area contributed by atoms with E-state index in [1.54, 1.807) is 60.7 Å². The maximum atomic E-state index is 12.5. The molecule has 5 nitrogen and oxygen atoms in total. The molecule has 0 aliphatic heterocycles. The van der Waals surface area contributed by atoms with Gasteiger partial charge in [0.15, 0.2) is 5.78 Å². The fourth-order valence-electron chi connectivity index (χ4n) is 2.48. The molecule has 3 aromatic carbocycles. The SMILES string of the molecule is CC(=O)c1ccc(NC(=S)Oc2cccc(C(=O)Nc3ccc(Br)cc3)c2)cc1. The van der Waals surface area contributed by atoms with E-state index in [-0.39, 0.29) is 16.9 Å². The Kier molecular flexibility index (Phi) is 6.74. The van der Waals surface area contributed by atoms with Crippen LogP contribution in [0.5, 0.6) is 5.75 Å². The van der Waals surface area contributed by atoms with Crippen molar-refractivity contribution in [3.05, 3.63) is 88.4 Å². The molecular formula is C22H17BrN2O3S. The van der Waals surface area contributed by atoms with E-state index in [1.165, 1.54) is 6.92 Å².